The fourth-order valence-electron chi connectivity index (χ4n) is 1.42. The zero-order valence-electron chi connectivity index (χ0n) is 9.57. The van der Waals surface area contributed by atoms with Crippen molar-refractivity contribution in [3.05, 3.63) is 39.0 Å². The summed E-state index contributed by atoms with van der Waals surface area (Å²) in [6.45, 7) is 0. The van der Waals surface area contributed by atoms with Crippen LogP contribution in [0, 0.1) is 0 Å². The van der Waals surface area contributed by atoms with Crippen molar-refractivity contribution in [2.75, 3.05) is 18.2 Å². The molecule has 1 aromatic heterocycles. The zero-order valence-corrected chi connectivity index (χ0v) is 12.0. The molecule has 3 N–H and O–H groups in total. The monoisotopic (exact) mass is 326 g/mol. The molecule has 18 heavy (non-hydrogen) atoms. The second-order valence-corrected chi connectivity index (χ2v) is 5.28. The Balaban J connectivity index is 2.20. The van der Waals surface area contributed by atoms with E-state index in [9.17, 15) is 4.79 Å². The van der Waals surface area contributed by atoms with Gasteiger partial charge in [-0.2, -0.15) is 0 Å². The van der Waals surface area contributed by atoms with Crippen LogP contribution in [0.2, 0.25) is 0 Å². The van der Waals surface area contributed by atoms with Gasteiger partial charge in [-0.15, -0.1) is 11.3 Å². The van der Waals surface area contributed by atoms with E-state index in [1.165, 1.54) is 11.3 Å². The average Bonchev–Trinajstić information content (AvgIpc) is 2.78. The quantitative estimate of drug-likeness (QED) is 0.850. The third-order valence-corrected chi connectivity index (χ3v) is 4.17. The number of ether oxygens (including phenoxy) is 1. The predicted molar refractivity (Wildman–Crippen MR) is 77.4 cm³/mol. The molecule has 0 radical (unpaired) electrons. The smallest absolute Gasteiger partial charge is 0.266 e. The summed E-state index contributed by atoms with van der Waals surface area (Å²) in [5.41, 5.74) is 6.87. The van der Waals surface area contributed by atoms with E-state index >= 15 is 0 Å². The van der Waals surface area contributed by atoms with Gasteiger partial charge >= 0.3 is 0 Å². The van der Waals surface area contributed by atoms with Crippen molar-refractivity contribution in [3.8, 4) is 5.75 Å². The highest BCUT2D eigenvalue weighted by molar-refractivity contribution is 9.10. The van der Waals surface area contributed by atoms with Gasteiger partial charge in [-0.25, -0.2) is 0 Å². The van der Waals surface area contributed by atoms with Crippen molar-refractivity contribution in [2.24, 2.45) is 0 Å². The number of thiophene rings is 1. The van der Waals surface area contributed by atoms with E-state index in [2.05, 4.69) is 21.2 Å². The van der Waals surface area contributed by atoms with Gasteiger partial charge in [0.15, 0.2) is 0 Å². The number of benzene rings is 1. The third kappa shape index (κ3) is 2.65. The molecule has 94 valence electrons. The maximum Gasteiger partial charge on any atom is 0.266 e. The molecule has 0 fully saturated rings. The summed E-state index contributed by atoms with van der Waals surface area (Å²) >= 11 is 4.69. The van der Waals surface area contributed by atoms with Gasteiger partial charge in [0, 0.05) is 10.5 Å². The third-order valence-electron chi connectivity index (χ3n) is 2.33. The van der Waals surface area contributed by atoms with Gasteiger partial charge < -0.3 is 15.8 Å². The van der Waals surface area contributed by atoms with Crippen LogP contribution in [-0.4, -0.2) is 13.0 Å². The number of rotatable bonds is 3. The number of carbonyl (C=O) groups excluding carboxylic acids is 1. The first kappa shape index (κ1) is 12.9. The standard InChI is InChI=1S/C12H11BrN2O2S/c1-17-7-2-3-10(9(14)6-7)15-12(16)11-8(13)4-5-18-11/h2-6H,14H2,1H3,(H,15,16). The lowest BCUT2D eigenvalue weighted by atomic mass is 10.2. The Bertz CT molecular complexity index is 583. The molecule has 2 rings (SSSR count). The van der Waals surface area contributed by atoms with E-state index in [4.69, 9.17) is 10.5 Å². The lowest BCUT2D eigenvalue weighted by Crippen LogP contribution is -2.12. The number of methoxy groups -OCH3 is 1. The molecule has 0 atom stereocenters. The van der Waals surface area contributed by atoms with Crippen LogP contribution in [0.25, 0.3) is 0 Å². The molecular weight excluding hydrogens is 316 g/mol. The Morgan fingerprint density at radius 1 is 1.44 bits per heavy atom. The number of anilines is 2. The van der Waals surface area contributed by atoms with Crippen molar-refractivity contribution in [3.63, 3.8) is 0 Å². The summed E-state index contributed by atoms with van der Waals surface area (Å²) in [6, 6.07) is 6.96. The molecule has 1 aromatic carbocycles. The molecular formula is C12H11BrN2O2S. The van der Waals surface area contributed by atoms with Crippen molar-refractivity contribution in [1.82, 2.24) is 0 Å². The lowest BCUT2D eigenvalue weighted by molar-refractivity contribution is 0.103. The first-order valence-electron chi connectivity index (χ1n) is 5.09. The topological polar surface area (TPSA) is 64.3 Å². The number of nitrogen functional groups attached to an aromatic ring is 1. The number of nitrogens with one attached hydrogen (secondary N) is 1. The van der Waals surface area contributed by atoms with Gasteiger partial charge in [-0.1, -0.05) is 0 Å². The van der Waals surface area contributed by atoms with E-state index in [1.54, 1.807) is 25.3 Å². The summed E-state index contributed by atoms with van der Waals surface area (Å²) in [7, 11) is 1.57. The van der Waals surface area contributed by atoms with Gasteiger partial charge in [0.25, 0.3) is 5.91 Å². The van der Waals surface area contributed by atoms with Crippen LogP contribution in [0.15, 0.2) is 34.1 Å². The predicted octanol–water partition coefficient (Wildman–Crippen LogP) is 3.35. The molecule has 0 spiro atoms. The number of amides is 1. The van der Waals surface area contributed by atoms with E-state index in [0.29, 0.717) is 22.0 Å². The minimum absolute atomic E-state index is 0.186. The van der Waals surface area contributed by atoms with E-state index < -0.39 is 0 Å². The van der Waals surface area contributed by atoms with Crippen molar-refractivity contribution in [2.45, 2.75) is 0 Å². The molecule has 1 amide bonds. The lowest BCUT2D eigenvalue weighted by Gasteiger charge is -2.09. The minimum Gasteiger partial charge on any atom is -0.497 e. The molecule has 0 aliphatic rings. The summed E-state index contributed by atoms with van der Waals surface area (Å²) in [5, 5.41) is 4.61. The molecule has 4 nitrogen and oxygen atoms in total. The molecule has 0 saturated carbocycles. The molecule has 6 heteroatoms. The molecule has 0 bridgehead atoms. The van der Waals surface area contributed by atoms with Crippen LogP contribution >= 0.6 is 27.3 Å². The minimum atomic E-state index is -0.186. The highest BCUT2D eigenvalue weighted by Gasteiger charge is 2.13. The molecule has 2 aromatic rings. The van der Waals surface area contributed by atoms with E-state index in [-0.39, 0.29) is 5.91 Å². The number of hydrogen-bond donors (Lipinski definition) is 2. The van der Waals surface area contributed by atoms with Gasteiger partial charge in [-0.05, 0) is 39.5 Å². The first-order valence-corrected chi connectivity index (χ1v) is 6.77. The van der Waals surface area contributed by atoms with Gasteiger partial charge in [0.1, 0.15) is 10.6 Å². The van der Waals surface area contributed by atoms with Crippen molar-refractivity contribution >= 4 is 44.5 Å². The fraction of sp³-hybridized carbons (Fsp3) is 0.0833. The van der Waals surface area contributed by atoms with Crippen LogP contribution in [0.5, 0.6) is 5.75 Å². The van der Waals surface area contributed by atoms with E-state index in [0.717, 1.165) is 4.47 Å². The number of nitrogens with two attached hydrogens (primary N) is 1. The maximum absolute atomic E-state index is 12.0. The molecule has 0 aliphatic carbocycles. The molecule has 1 heterocycles. The van der Waals surface area contributed by atoms with Crippen LogP contribution in [-0.2, 0) is 0 Å². The molecule has 0 aliphatic heterocycles. The second-order valence-electron chi connectivity index (χ2n) is 3.50. The van der Waals surface area contributed by atoms with Gasteiger partial charge in [-0.3, -0.25) is 4.79 Å². The van der Waals surface area contributed by atoms with Crippen LogP contribution in [0.4, 0.5) is 11.4 Å². The zero-order chi connectivity index (χ0) is 13.1. The van der Waals surface area contributed by atoms with Gasteiger partial charge in [0.05, 0.1) is 18.5 Å². The SMILES string of the molecule is COc1ccc(NC(=O)c2sccc2Br)c(N)c1. The maximum atomic E-state index is 12.0. The largest absolute Gasteiger partial charge is 0.497 e. The van der Waals surface area contributed by atoms with E-state index in [1.807, 2.05) is 11.4 Å². The number of carbonyl (C=O) groups is 1. The number of halogens is 1. The Labute approximate surface area is 117 Å². The Morgan fingerprint density at radius 2 is 2.22 bits per heavy atom. The normalized spacial score (nSPS) is 10.1. The second kappa shape index (κ2) is 5.41. The van der Waals surface area contributed by atoms with Crippen LogP contribution < -0.4 is 15.8 Å². The highest BCUT2D eigenvalue weighted by atomic mass is 79.9. The van der Waals surface area contributed by atoms with Crippen molar-refractivity contribution < 1.29 is 9.53 Å². The van der Waals surface area contributed by atoms with Crippen LogP contribution in [0.1, 0.15) is 9.67 Å². The average molecular weight is 327 g/mol. The Hall–Kier alpha value is -1.53. The molecule has 0 unspecified atom stereocenters. The fourth-order valence-corrected chi connectivity index (χ4v) is 2.86. The number of hydrogen-bond acceptors (Lipinski definition) is 4. The summed E-state index contributed by atoms with van der Waals surface area (Å²) in [4.78, 5) is 12.6. The van der Waals surface area contributed by atoms with Gasteiger partial charge in [0.2, 0.25) is 0 Å². The Morgan fingerprint density at radius 3 is 2.78 bits per heavy atom. The van der Waals surface area contributed by atoms with Crippen LogP contribution in [0.3, 0.4) is 0 Å². The first-order chi connectivity index (χ1) is 8.61. The Kier molecular flexibility index (Phi) is 3.88. The molecule has 0 saturated heterocycles. The van der Waals surface area contributed by atoms with Crippen molar-refractivity contribution in [1.29, 1.82) is 0 Å². The summed E-state index contributed by atoms with van der Waals surface area (Å²) in [6.07, 6.45) is 0. The summed E-state index contributed by atoms with van der Waals surface area (Å²) in [5.74, 6) is 0.469. The summed E-state index contributed by atoms with van der Waals surface area (Å²) < 4.78 is 5.82. The highest BCUT2D eigenvalue weighted by Crippen LogP contribution is 2.27.